The molecular weight excluding hydrogens is 509 g/mol. The Balaban J connectivity index is 0.000000436. The molecule has 10 nitrogen and oxygen atoms in total. The van der Waals surface area contributed by atoms with Crippen LogP contribution in [-0.2, 0) is 25.6 Å². The van der Waals surface area contributed by atoms with Crippen LogP contribution in [0.15, 0.2) is 24.3 Å². The van der Waals surface area contributed by atoms with Crippen LogP contribution in [0.25, 0.3) is 0 Å². The normalized spacial score (nSPS) is 21.8. The SMILES string of the molecule is N#CC1(C(=O)N2C[C@@H]3CCN(C(=O)CC(N)Cc4cc(F)c(F)cc4F)[C@@H]3C2)CC1.O=C(O)C=CC(=O)O. The van der Waals surface area contributed by atoms with E-state index in [0.29, 0.717) is 50.7 Å². The maximum atomic E-state index is 13.8. The van der Waals surface area contributed by atoms with Crippen molar-refractivity contribution in [1.29, 1.82) is 5.26 Å². The molecule has 2 heterocycles. The summed E-state index contributed by atoms with van der Waals surface area (Å²) in [6.07, 6.45) is 2.92. The van der Waals surface area contributed by atoms with Crippen molar-refractivity contribution in [3.05, 3.63) is 47.3 Å². The van der Waals surface area contributed by atoms with Crippen molar-refractivity contribution < 1.29 is 42.6 Å². The number of halogens is 3. The monoisotopic (exact) mass is 536 g/mol. The fourth-order valence-corrected chi connectivity index (χ4v) is 4.80. The number of rotatable bonds is 7. The minimum absolute atomic E-state index is 0.0578. The maximum Gasteiger partial charge on any atom is 0.328 e. The smallest absolute Gasteiger partial charge is 0.328 e. The van der Waals surface area contributed by atoms with Crippen LogP contribution < -0.4 is 5.73 Å². The molecule has 1 saturated carbocycles. The number of amides is 2. The Kier molecular flexibility index (Phi) is 8.78. The molecule has 4 rings (SSSR count). The molecule has 0 bridgehead atoms. The van der Waals surface area contributed by atoms with Gasteiger partial charge in [0.15, 0.2) is 11.6 Å². The van der Waals surface area contributed by atoms with Gasteiger partial charge in [0.05, 0.1) is 12.1 Å². The second kappa shape index (κ2) is 11.6. The molecular formula is C25H27F3N4O6. The third-order valence-corrected chi connectivity index (χ3v) is 6.91. The third kappa shape index (κ3) is 6.69. The second-order valence-electron chi connectivity index (χ2n) is 9.64. The van der Waals surface area contributed by atoms with Gasteiger partial charge in [-0.05, 0) is 37.3 Å². The lowest BCUT2D eigenvalue weighted by molar-refractivity contribution is -0.136. The fourth-order valence-electron chi connectivity index (χ4n) is 4.80. The Bertz CT molecular complexity index is 1180. The van der Waals surface area contributed by atoms with Gasteiger partial charge in [0, 0.05) is 56.2 Å². The predicted octanol–water partition coefficient (Wildman–Crippen LogP) is 1.44. The van der Waals surface area contributed by atoms with Crippen LogP contribution in [0.3, 0.4) is 0 Å². The van der Waals surface area contributed by atoms with Crippen molar-refractivity contribution in [2.45, 2.75) is 44.2 Å². The van der Waals surface area contributed by atoms with E-state index in [1.807, 2.05) is 0 Å². The summed E-state index contributed by atoms with van der Waals surface area (Å²) in [7, 11) is 0. The molecule has 38 heavy (non-hydrogen) atoms. The zero-order valence-electron chi connectivity index (χ0n) is 20.3. The molecule has 0 radical (unpaired) electrons. The van der Waals surface area contributed by atoms with E-state index in [9.17, 15) is 37.6 Å². The maximum absolute atomic E-state index is 13.8. The minimum atomic E-state index is -1.27. The molecule has 0 aromatic heterocycles. The van der Waals surface area contributed by atoms with Crippen LogP contribution in [0.1, 0.15) is 31.2 Å². The van der Waals surface area contributed by atoms with Crippen LogP contribution in [0.4, 0.5) is 13.2 Å². The summed E-state index contributed by atoms with van der Waals surface area (Å²) in [6.45, 7) is 1.51. The average molecular weight is 537 g/mol. The van der Waals surface area contributed by atoms with Gasteiger partial charge in [0.1, 0.15) is 11.2 Å². The highest BCUT2D eigenvalue weighted by atomic mass is 19.2. The van der Waals surface area contributed by atoms with Crippen molar-refractivity contribution in [2.24, 2.45) is 17.1 Å². The van der Waals surface area contributed by atoms with E-state index >= 15 is 0 Å². The Labute approximate surface area is 216 Å². The molecule has 13 heteroatoms. The first-order valence-electron chi connectivity index (χ1n) is 11.9. The number of nitrogens with two attached hydrogens (primary N) is 1. The molecule has 1 aromatic rings. The van der Waals surface area contributed by atoms with E-state index in [2.05, 4.69) is 6.07 Å². The van der Waals surface area contributed by atoms with Crippen molar-refractivity contribution in [3.63, 3.8) is 0 Å². The lowest BCUT2D eigenvalue weighted by atomic mass is 10.0. The molecule has 3 fully saturated rings. The van der Waals surface area contributed by atoms with E-state index in [0.717, 1.165) is 12.5 Å². The number of carboxylic acid groups (broad SMARTS) is 2. The van der Waals surface area contributed by atoms with E-state index in [-0.39, 0.29) is 42.2 Å². The van der Waals surface area contributed by atoms with Crippen LogP contribution >= 0.6 is 0 Å². The van der Waals surface area contributed by atoms with Gasteiger partial charge >= 0.3 is 11.9 Å². The number of carbonyl (C=O) groups is 4. The molecule has 3 aliphatic rings. The summed E-state index contributed by atoms with van der Waals surface area (Å²) < 4.78 is 40.3. The van der Waals surface area contributed by atoms with Gasteiger partial charge in [0.2, 0.25) is 11.8 Å². The number of likely N-dealkylation sites (tertiary alicyclic amines) is 2. The number of nitrogens with zero attached hydrogens (tertiary/aromatic N) is 3. The van der Waals surface area contributed by atoms with Crippen molar-refractivity contribution in [2.75, 3.05) is 19.6 Å². The summed E-state index contributed by atoms with van der Waals surface area (Å²) in [4.78, 5) is 47.9. The van der Waals surface area contributed by atoms with Gasteiger partial charge in [-0.3, -0.25) is 9.59 Å². The molecule has 1 aromatic carbocycles. The summed E-state index contributed by atoms with van der Waals surface area (Å²) >= 11 is 0. The molecule has 2 amide bonds. The number of aliphatic carboxylic acids is 2. The largest absolute Gasteiger partial charge is 0.478 e. The lowest BCUT2D eigenvalue weighted by Gasteiger charge is -2.27. The van der Waals surface area contributed by atoms with Crippen molar-refractivity contribution in [1.82, 2.24) is 9.80 Å². The highest BCUT2D eigenvalue weighted by Gasteiger charge is 2.55. The van der Waals surface area contributed by atoms with Gasteiger partial charge < -0.3 is 25.7 Å². The number of hydrogen-bond acceptors (Lipinski definition) is 6. The lowest BCUT2D eigenvalue weighted by Crippen LogP contribution is -2.44. The van der Waals surface area contributed by atoms with Gasteiger partial charge in [0.25, 0.3) is 0 Å². The highest BCUT2D eigenvalue weighted by molar-refractivity contribution is 5.90. The molecule has 1 aliphatic carbocycles. The first kappa shape index (κ1) is 28.6. The zero-order chi connectivity index (χ0) is 28.2. The average Bonchev–Trinajstić information content (AvgIpc) is 3.38. The standard InChI is InChI=1S/C21H23F3N4O2.C4H4O4/c22-15-8-17(24)16(23)6-13(15)5-14(26)7-19(29)28-4-1-12-9-27(10-18(12)28)20(30)21(11-25)2-3-21;5-3(6)1-2-4(7)8/h6,8,12,14,18H,1-5,7,9-10,26H2;1-2H,(H,5,6)(H,7,8)/t12-,14?,18+;/m0./s1. The summed E-state index contributed by atoms with van der Waals surface area (Å²) in [5.74, 6) is -6.00. The van der Waals surface area contributed by atoms with Crippen molar-refractivity contribution in [3.8, 4) is 6.07 Å². The molecule has 3 atom stereocenters. The molecule has 2 saturated heterocycles. The van der Waals surface area contributed by atoms with Crippen molar-refractivity contribution >= 4 is 23.8 Å². The topological polar surface area (TPSA) is 165 Å². The summed E-state index contributed by atoms with van der Waals surface area (Å²) in [5, 5.41) is 24.9. The fraction of sp³-hybridized carbons (Fsp3) is 0.480. The first-order chi connectivity index (χ1) is 17.9. The quantitative estimate of drug-likeness (QED) is 0.348. The van der Waals surface area contributed by atoms with Crippen LogP contribution in [-0.4, -0.2) is 75.5 Å². The van der Waals surface area contributed by atoms with Gasteiger partial charge in [-0.15, -0.1) is 0 Å². The molecule has 2 aliphatic heterocycles. The molecule has 0 spiro atoms. The van der Waals surface area contributed by atoms with E-state index in [4.69, 9.17) is 15.9 Å². The number of carbonyl (C=O) groups excluding carboxylic acids is 2. The Morgan fingerprint density at radius 2 is 1.68 bits per heavy atom. The van der Waals surface area contributed by atoms with Crippen LogP contribution in [0.2, 0.25) is 0 Å². The summed E-state index contributed by atoms with van der Waals surface area (Å²) in [6, 6.07) is 2.51. The number of hydrogen-bond donors (Lipinski definition) is 3. The number of benzene rings is 1. The van der Waals surface area contributed by atoms with E-state index in [1.165, 1.54) is 0 Å². The Hall–Kier alpha value is -3.92. The number of nitriles is 1. The number of fused-ring (bicyclic) bond motifs is 1. The van der Waals surface area contributed by atoms with Crippen LogP contribution in [0.5, 0.6) is 0 Å². The second-order valence-corrected chi connectivity index (χ2v) is 9.64. The van der Waals surface area contributed by atoms with E-state index in [1.54, 1.807) is 9.80 Å². The first-order valence-corrected chi connectivity index (χ1v) is 11.9. The number of carboxylic acids is 2. The third-order valence-electron chi connectivity index (χ3n) is 6.91. The Morgan fingerprint density at radius 1 is 1.08 bits per heavy atom. The predicted molar refractivity (Wildman–Crippen MR) is 124 cm³/mol. The van der Waals surface area contributed by atoms with Crippen LogP contribution in [0, 0.1) is 40.1 Å². The van der Waals surface area contributed by atoms with Gasteiger partial charge in [-0.1, -0.05) is 0 Å². The molecule has 1 unspecified atom stereocenters. The molecule has 204 valence electrons. The molecule has 4 N–H and O–H groups in total. The Morgan fingerprint density at radius 3 is 2.24 bits per heavy atom. The summed E-state index contributed by atoms with van der Waals surface area (Å²) in [5.41, 5.74) is 5.05. The minimum Gasteiger partial charge on any atom is -0.478 e. The van der Waals surface area contributed by atoms with E-state index < -0.39 is 40.8 Å². The highest BCUT2D eigenvalue weighted by Crippen LogP contribution is 2.47. The zero-order valence-corrected chi connectivity index (χ0v) is 20.3. The van der Waals surface area contributed by atoms with Gasteiger partial charge in [-0.25, -0.2) is 22.8 Å². The van der Waals surface area contributed by atoms with Gasteiger partial charge in [-0.2, -0.15) is 5.26 Å².